The maximum absolute atomic E-state index is 5.19. The summed E-state index contributed by atoms with van der Waals surface area (Å²) in [5.41, 5.74) is 4.73. The lowest BCUT2D eigenvalue weighted by molar-refractivity contribution is 0.691. The van der Waals surface area contributed by atoms with Gasteiger partial charge >= 0.3 is 0 Å². The van der Waals surface area contributed by atoms with Gasteiger partial charge in [0.05, 0.1) is 15.9 Å². The van der Waals surface area contributed by atoms with Gasteiger partial charge in [0.25, 0.3) is 0 Å². The van der Waals surface area contributed by atoms with E-state index >= 15 is 0 Å². The van der Waals surface area contributed by atoms with Crippen LogP contribution in [0.2, 0.25) is 0 Å². The summed E-state index contributed by atoms with van der Waals surface area (Å²) >= 11 is 6.83. The van der Waals surface area contributed by atoms with Crippen molar-refractivity contribution >= 4 is 44.6 Å². The minimum Gasteiger partial charge on any atom is -0.361 e. The molecular weight excluding hydrogens is 300 g/mol. The van der Waals surface area contributed by atoms with Gasteiger partial charge in [-0.05, 0) is 37.7 Å². The molecule has 0 fully saturated rings. The van der Waals surface area contributed by atoms with Crippen molar-refractivity contribution in [1.29, 1.82) is 0 Å². The number of hydrogen-bond acceptors (Lipinski definition) is 4. The summed E-state index contributed by atoms with van der Waals surface area (Å²) in [4.78, 5) is 4.56. The van der Waals surface area contributed by atoms with Crippen molar-refractivity contribution in [1.82, 2.24) is 15.7 Å². The Balaban J connectivity index is 1.90. The van der Waals surface area contributed by atoms with Crippen molar-refractivity contribution in [2.75, 3.05) is 6.54 Å². The van der Waals surface area contributed by atoms with Crippen LogP contribution >= 0.6 is 23.6 Å². The van der Waals surface area contributed by atoms with Gasteiger partial charge in [0, 0.05) is 6.54 Å². The second-order valence-corrected chi connectivity index (χ2v) is 6.20. The summed E-state index contributed by atoms with van der Waals surface area (Å²) in [6, 6.07) is 8.09. The molecular formula is C15H20N4S2. The number of unbranched alkanes of at least 4 members (excludes halogenated alkanes) is 2. The quantitative estimate of drug-likeness (QED) is 0.369. The highest BCUT2D eigenvalue weighted by Gasteiger charge is 2.06. The van der Waals surface area contributed by atoms with Crippen LogP contribution in [0, 0.1) is 0 Å². The van der Waals surface area contributed by atoms with Crippen LogP contribution in [-0.4, -0.2) is 22.4 Å². The Hall–Kier alpha value is -1.53. The van der Waals surface area contributed by atoms with E-state index in [9.17, 15) is 0 Å². The molecule has 1 aromatic heterocycles. The molecule has 0 radical (unpaired) electrons. The maximum Gasteiger partial charge on any atom is 0.186 e. The van der Waals surface area contributed by atoms with Gasteiger partial charge in [0.2, 0.25) is 0 Å². The smallest absolute Gasteiger partial charge is 0.186 e. The molecule has 0 aliphatic carbocycles. The first kappa shape index (κ1) is 15.9. The normalized spacial score (nSPS) is 11.6. The number of para-hydroxylation sites is 1. The van der Waals surface area contributed by atoms with Crippen LogP contribution in [0.15, 0.2) is 29.4 Å². The monoisotopic (exact) mass is 320 g/mol. The van der Waals surface area contributed by atoms with Crippen LogP contribution in [0.5, 0.6) is 0 Å². The number of nitrogens with zero attached hydrogens (tertiary/aromatic N) is 2. The van der Waals surface area contributed by atoms with Crippen molar-refractivity contribution < 1.29 is 0 Å². The fourth-order valence-electron chi connectivity index (χ4n) is 1.83. The predicted octanol–water partition coefficient (Wildman–Crippen LogP) is 3.67. The summed E-state index contributed by atoms with van der Waals surface area (Å²) in [5, 5.41) is 8.92. The van der Waals surface area contributed by atoms with E-state index in [4.69, 9.17) is 12.2 Å². The molecule has 2 N–H and O–H groups in total. The van der Waals surface area contributed by atoms with E-state index in [1.165, 1.54) is 17.5 Å². The van der Waals surface area contributed by atoms with Crippen molar-refractivity contribution in [2.45, 2.75) is 33.1 Å². The summed E-state index contributed by atoms with van der Waals surface area (Å²) in [6.45, 7) is 5.00. The van der Waals surface area contributed by atoms with E-state index in [2.05, 4.69) is 33.8 Å². The molecule has 0 bridgehead atoms. The number of nitrogens with one attached hydrogen (secondary N) is 2. The topological polar surface area (TPSA) is 49.3 Å². The lowest BCUT2D eigenvalue weighted by Gasteiger charge is -2.06. The van der Waals surface area contributed by atoms with Crippen molar-refractivity contribution in [2.24, 2.45) is 5.10 Å². The molecule has 6 heteroatoms. The first-order valence-corrected chi connectivity index (χ1v) is 8.37. The van der Waals surface area contributed by atoms with Gasteiger partial charge in [-0.2, -0.15) is 5.10 Å². The first-order valence-electron chi connectivity index (χ1n) is 7.14. The second-order valence-electron chi connectivity index (χ2n) is 4.76. The number of aromatic nitrogens is 1. The fourth-order valence-corrected chi connectivity index (χ4v) is 2.88. The number of thiazole rings is 1. The van der Waals surface area contributed by atoms with Crippen LogP contribution in [-0.2, 0) is 0 Å². The highest BCUT2D eigenvalue weighted by Crippen LogP contribution is 2.21. The van der Waals surface area contributed by atoms with Crippen molar-refractivity contribution in [3.8, 4) is 0 Å². The Morgan fingerprint density at radius 1 is 1.33 bits per heavy atom. The van der Waals surface area contributed by atoms with Gasteiger partial charge < -0.3 is 5.32 Å². The molecule has 4 nitrogen and oxygen atoms in total. The molecule has 1 aromatic carbocycles. The molecule has 1 heterocycles. The van der Waals surface area contributed by atoms with Gasteiger partial charge in [0.15, 0.2) is 5.11 Å². The Morgan fingerprint density at radius 3 is 2.90 bits per heavy atom. The maximum atomic E-state index is 5.19. The molecule has 0 unspecified atom stereocenters. The molecule has 2 rings (SSSR count). The van der Waals surface area contributed by atoms with E-state index in [0.29, 0.717) is 5.11 Å². The lowest BCUT2D eigenvalue weighted by Crippen LogP contribution is -2.33. The number of hydrogen-bond donors (Lipinski definition) is 2. The van der Waals surface area contributed by atoms with Crippen LogP contribution in [0.1, 0.15) is 38.1 Å². The van der Waals surface area contributed by atoms with Crippen LogP contribution < -0.4 is 10.7 Å². The van der Waals surface area contributed by atoms with E-state index in [-0.39, 0.29) is 0 Å². The first-order chi connectivity index (χ1) is 10.2. The Kier molecular flexibility index (Phi) is 6.07. The van der Waals surface area contributed by atoms with Crippen molar-refractivity contribution in [3.63, 3.8) is 0 Å². The highest BCUT2D eigenvalue weighted by molar-refractivity contribution is 7.80. The standard InChI is InChI=1S/C15H20N4S2/c1-3-4-7-10-16-15(20)19-18-11(2)14-17-12-8-5-6-9-13(12)21-14/h5-6,8-9H,3-4,7,10H2,1-2H3,(H2,16,19,20)/b18-11-. The van der Waals surface area contributed by atoms with Gasteiger partial charge in [0.1, 0.15) is 5.01 Å². The summed E-state index contributed by atoms with van der Waals surface area (Å²) < 4.78 is 1.17. The Bertz CT molecular complexity index is 600. The average Bonchev–Trinajstić information content (AvgIpc) is 2.93. The van der Waals surface area contributed by atoms with E-state index in [0.717, 1.165) is 29.2 Å². The number of rotatable bonds is 6. The molecule has 0 spiro atoms. The molecule has 0 atom stereocenters. The molecule has 0 saturated heterocycles. The number of hydrazone groups is 1. The zero-order valence-electron chi connectivity index (χ0n) is 12.3. The summed E-state index contributed by atoms with van der Waals surface area (Å²) in [6.07, 6.45) is 3.54. The molecule has 0 aliphatic rings. The van der Waals surface area contributed by atoms with Gasteiger partial charge in [-0.15, -0.1) is 11.3 Å². The van der Waals surface area contributed by atoms with Gasteiger partial charge in [-0.3, -0.25) is 5.43 Å². The molecule has 2 aromatic rings. The van der Waals surface area contributed by atoms with Gasteiger partial charge in [-0.1, -0.05) is 31.9 Å². The largest absolute Gasteiger partial charge is 0.361 e. The van der Waals surface area contributed by atoms with Crippen LogP contribution in [0.3, 0.4) is 0 Å². The number of thiocarbonyl (C=S) groups is 1. The minimum absolute atomic E-state index is 0.562. The fraction of sp³-hybridized carbons (Fsp3) is 0.400. The molecule has 0 aliphatic heterocycles. The number of fused-ring (bicyclic) bond motifs is 1. The van der Waals surface area contributed by atoms with E-state index < -0.39 is 0 Å². The summed E-state index contributed by atoms with van der Waals surface area (Å²) in [5.74, 6) is 0. The molecule has 21 heavy (non-hydrogen) atoms. The highest BCUT2D eigenvalue weighted by atomic mass is 32.1. The third kappa shape index (κ3) is 4.75. The predicted molar refractivity (Wildman–Crippen MR) is 95.1 cm³/mol. The average molecular weight is 320 g/mol. The minimum atomic E-state index is 0.562. The summed E-state index contributed by atoms with van der Waals surface area (Å²) in [7, 11) is 0. The zero-order chi connectivity index (χ0) is 15.1. The van der Waals surface area contributed by atoms with Gasteiger partial charge in [-0.25, -0.2) is 4.98 Å². The van der Waals surface area contributed by atoms with Crippen LogP contribution in [0.4, 0.5) is 0 Å². The van der Waals surface area contributed by atoms with E-state index in [1.807, 2.05) is 25.1 Å². The zero-order valence-corrected chi connectivity index (χ0v) is 14.0. The molecule has 0 saturated carbocycles. The molecule has 112 valence electrons. The Morgan fingerprint density at radius 2 is 2.14 bits per heavy atom. The Labute approximate surface area is 134 Å². The van der Waals surface area contributed by atoms with Crippen LogP contribution in [0.25, 0.3) is 10.2 Å². The molecule has 0 amide bonds. The second kappa shape index (κ2) is 8.05. The van der Waals surface area contributed by atoms with Crippen molar-refractivity contribution in [3.05, 3.63) is 29.3 Å². The number of benzene rings is 1. The van der Waals surface area contributed by atoms with E-state index in [1.54, 1.807) is 11.3 Å². The third-order valence-electron chi connectivity index (χ3n) is 2.99. The lowest BCUT2D eigenvalue weighted by atomic mass is 10.2. The SMILES string of the molecule is CCCCCNC(=S)N/N=C(/C)c1nc2ccccc2s1. The third-order valence-corrected chi connectivity index (χ3v) is 4.38.